The summed E-state index contributed by atoms with van der Waals surface area (Å²) in [4.78, 5) is 26.2. The van der Waals surface area contributed by atoms with E-state index in [0.29, 0.717) is 23.1 Å². The zero-order chi connectivity index (χ0) is 15.8. The van der Waals surface area contributed by atoms with Crippen molar-refractivity contribution in [2.24, 2.45) is 0 Å². The van der Waals surface area contributed by atoms with Crippen LogP contribution in [0.2, 0.25) is 0 Å². The minimum atomic E-state index is -0.442. The summed E-state index contributed by atoms with van der Waals surface area (Å²) in [6, 6.07) is 2.55. The summed E-state index contributed by atoms with van der Waals surface area (Å²) in [6.07, 6.45) is 3.22. The monoisotopic (exact) mass is 348 g/mol. The molecule has 0 saturated carbocycles. The van der Waals surface area contributed by atoms with Gasteiger partial charge in [0.25, 0.3) is 5.91 Å². The Balaban J connectivity index is 1.75. The van der Waals surface area contributed by atoms with Crippen molar-refractivity contribution in [2.75, 3.05) is 18.1 Å². The minimum absolute atomic E-state index is 0.0708. The molecule has 1 aliphatic rings. The van der Waals surface area contributed by atoms with Crippen LogP contribution in [0.1, 0.15) is 21.4 Å². The van der Waals surface area contributed by atoms with Gasteiger partial charge < -0.3 is 9.88 Å². The number of thioether (sulfide) groups is 1. The molecule has 3 heterocycles. The Morgan fingerprint density at radius 2 is 2.30 bits per heavy atom. The molecule has 2 aromatic heterocycles. The molecule has 0 spiro atoms. The first-order chi connectivity index (χ1) is 11.2. The number of hydrogen-bond acceptors (Lipinski definition) is 5. The maximum Gasteiger partial charge on any atom is 0.256 e. The molecule has 1 aromatic carbocycles. The van der Waals surface area contributed by atoms with Gasteiger partial charge in [-0.3, -0.25) is 4.79 Å². The minimum Gasteiger partial charge on any atom is -0.344 e. The second-order valence-electron chi connectivity index (χ2n) is 5.21. The van der Waals surface area contributed by atoms with Gasteiger partial charge in [-0.05, 0) is 12.1 Å². The lowest BCUT2D eigenvalue weighted by molar-refractivity contribution is 0.0702. The molecule has 0 radical (unpaired) electrons. The van der Waals surface area contributed by atoms with E-state index in [0.717, 1.165) is 16.5 Å². The number of amides is 1. The van der Waals surface area contributed by atoms with Crippen LogP contribution in [0, 0.1) is 5.82 Å². The van der Waals surface area contributed by atoms with Crippen LogP contribution in [0.3, 0.4) is 0 Å². The van der Waals surface area contributed by atoms with Crippen molar-refractivity contribution in [1.82, 2.24) is 19.9 Å². The highest BCUT2D eigenvalue weighted by Crippen LogP contribution is 2.32. The molecule has 1 atom stereocenters. The van der Waals surface area contributed by atoms with Gasteiger partial charge in [0.05, 0.1) is 23.4 Å². The zero-order valence-electron chi connectivity index (χ0n) is 12.0. The Bertz CT molecular complexity index is 848. The molecule has 1 amide bonds. The van der Waals surface area contributed by atoms with E-state index in [2.05, 4.69) is 15.0 Å². The van der Waals surface area contributed by atoms with E-state index in [1.807, 2.05) is 5.38 Å². The highest BCUT2D eigenvalue weighted by atomic mass is 32.2. The van der Waals surface area contributed by atoms with Crippen molar-refractivity contribution >= 4 is 40.0 Å². The number of nitrogens with zero attached hydrogens (tertiary/aromatic N) is 3. The summed E-state index contributed by atoms with van der Waals surface area (Å²) in [6.45, 7) is 0.621. The third-order valence-corrected chi connectivity index (χ3v) is 5.74. The second-order valence-corrected chi connectivity index (χ2v) is 7.29. The van der Waals surface area contributed by atoms with Crippen molar-refractivity contribution in [1.29, 1.82) is 0 Å². The molecule has 5 nitrogen and oxygen atoms in total. The smallest absolute Gasteiger partial charge is 0.256 e. The van der Waals surface area contributed by atoms with Gasteiger partial charge in [-0.2, -0.15) is 11.8 Å². The predicted molar refractivity (Wildman–Crippen MR) is 89.3 cm³/mol. The molecule has 4 rings (SSSR count). The van der Waals surface area contributed by atoms with E-state index in [4.69, 9.17) is 0 Å². The molecule has 0 aliphatic carbocycles. The van der Waals surface area contributed by atoms with Gasteiger partial charge in [0.15, 0.2) is 0 Å². The van der Waals surface area contributed by atoms with E-state index in [-0.39, 0.29) is 11.9 Å². The first-order valence-corrected chi connectivity index (χ1v) is 9.18. The third-order valence-electron chi connectivity index (χ3n) is 3.84. The van der Waals surface area contributed by atoms with Crippen LogP contribution < -0.4 is 0 Å². The summed E-state index contributed by atoms with van der Waals surface area (Å²) in [5.74, 6) is 1.04. The maximum atomic E-state index is 13.8. The summed E-state index contributed by atoms with van der Waals surface area (Å²) >= 11 is 3.34. The first-order valence-electron chi connectivity index (χ1n) is 7.15. The molecular weight excluding hydrogens is 335 g/mol. The summed E-state index contributed by atoms with van der Waals surface area (Å²) in [7, 11) is 0. The number of rotatable bonds is 2. The third kappa shape index (κ3) is 2.61. The van der Waals surface area contributed by atoms with E-state index in [1.165, 1.54) is 18.5 Å². The molecule has 3 aromatic rings. The average molecular weight is 348 g/mol. The van der Waals surface area contributed by atoms with E-state index >= 15 is 0 Å². The second kappa shape index (κ2) is 5.93. The van der Waals surface area contributed by atoms with Gasteiger partial charge in [-0.1, -0.05) is 0 Å². The summed E-state index contributed by atoms with van der Waals surface area (Å²) < 4.78 is 13.8. The lowest BCUT2D eigenvalue weighted by Gasteiger charge is -2.34. The maximum absolute atomic E-state index is 13.8. The fourth-order valence-electron chi connectivity index (χ4n) is 2.78. The number of carbonyl (C=O) groups is 1. The van der Waals surface area contributed by atoms with Gasteiger partial charge >= 0.3 is 0 Å². The van der Waals surface area contributed by atoms with Crippen LogP contribution in [0.25, 0.3) is 11.0 Å². The van der Waals surface area contributed by atoms with Gasteiger partial charge in [0.1, 0.15) is 16.3 Å². The Hall–Kier alpha value is -1.93. The molecule has 1 N–H and O–H groups in total. The molecule has 8 heteroatoms. The zero-order valence-corrected chi connectivity index (χ0v) is 13.7. The fourth-order valence-corrected chi connectivity index (χ4v) is 4.69. The number of benzene rings is 1. The number of carbonyl (C=O) groups excluding carboxylic acids is 1. The van der Waals surface area contributed by atoms with Crippen LogP contribution in [0.4, 0.5) is 4.39 Å². The van der Waals surface area contributed by atoms with Crippen LogP contribution >= 0.6 is 23.1 Å². The fraction of sp³-hybridized carbons (Fsp3) is 0.267. The molecule has 1 unspecified atom stereocenters. The molecule has 1 aliphatic heterocycles. The number of thiazole rings is 1. The van der Waals surface area contributed by atoms with Gasteiger partial charge in [0.2, 0.25) is 0 Å². The molecule has 1 saturated heterocycles. The number of H-pyrrole nitrogens is 1. The summed E-state index contributed by atoms with van der Waals surface area (Å²) in [5, 5.41) is 2.82. The molecule has 0 bridgehead atoms. The highest BCUT2D eigenvalue weighted by Gasteiger charge is 2.32. The first kappa shape index (κ1) is 14.6. The Morgan fingerprint density at radius 1 is 1.39 bits per heavy atom. The largest absolute Gasteiger partial charge is 0.344 e. The lowest BCUT2D eigenvalue weighted by atomic mass is 10.1. The van der Waals surface area contributed by atoms with Crippen molar-refractivity contribution in [3.63, 3.8) is 0 Å². The summed E-state index contributed by atoms with van der Waals surface area (Å²) in [5.41, 5.74) is 1.34. The quantitative estimate of drug-likeness (QED) is 0.773. The Morgan fingerprint density at radius 3 is 3.13 bits per heavy atom. The van der Waals surface area contributed by atoms with Crippen LogP contribution in [0.15, 0.2) is 30.0 Å². The number of hydrogen-bond donors (Lipinski definition) is 1. The van der Waals surface area contributed by atoms with Crippen molar-refractivity contribution in [3.05, 3.63) is 46.4 Å². The van der Waals surface area contributed by atoms with E-state index in [1.54, 1.807) is 34.2 Å². The Labute approximate surface area is 139 Å². The number of halogens is 1. The standard InChI is InChI=1S/C15H13FN4OS2/c16-9-5-10(13-11(6-9)18-8-19-13)15(21)20-2-4-22-7-12(20)14-17-1-3-23-14/h1,3,5-6,8,12H,2,4,7H2,(H,18,19). The van der Waals surface area contributed by atoms with Crippen molar-refractivity contribution in [3.8, 4) is 0 Å². The van der Waals surface area contributed by atoms with Crippen LogP contribution in [0.5, 0.6) is 0 Å². The average Bonchev–Trinajstić information content (AvgIpc) is 3.24. The SMILES string of the molecule is O=C(c1cc(F)cc2[nH]cnc12)N1CCSCC1c1nccs1. The van der Waals surface area contributed by atoms with Gasteiger partial charge in [-0.25, -0.2) is 14.4 Å². The lowest BCUT2D eigenvalue weighted by Crippen LogP contribution is -2.40. The molecule has 1 fully saturated rings. The van der Waals surface area contributed by atoms with Gasteiger partial charge in [0, 0.05) is 29.6 Å². The molecule has 118 valence electrons. The number of imidazole rings is 1. The highest BCUT2D eigenvalue weighted by molar-refractivity contribution is 7.99. The predicted octanol–water partition coefficient (Wildman–Crippen LogP) is 3.09. The van der Waals surface area contributed by atoms with E-state index in [9.17, 15) is 9.18 Å². The number of fused-ring (bicyclic) bond motifs is 1. The van der Waals surface area contributed by atoms with Crippen molar-refractivity contribution < 1.29 is 9.18 Å². The normalized spacial score (nSPS) is 18.5. The van der Waals surface area contributed by atoms with Crippen molar-refractivity contribution in [2.45, 2.75) is 6.04 Å². The topological polar surface area (TPSA) is 61.9 Å². The number of aromatic amines is 1. The van der Waals surface area contributed by atoms with E-state index < -0.39 is 5.82 Å². The Kier molecular flexibility index (Phi) is 3.78. The molecule has 23 heavy (non-hydrogen) atoms. The number of aromatic nitrogens is 3. The number of nitrogens with one attached hydrogen (secondary N) is 1. The van der Waals surface area contributed by atoms with Crippen LogP contribution in [-0.4, -0.2) is 43.8 Å². The van der Waals surface area contributed by atoms with Crippen LogP contribution in [-0.2, 0) is 0 Å². The van der Waals surface area contributed by atoms with Gasteiger partial charge in [-0.15, -0.1) is 11.3 Å². The molecular formula is C15H13FN4OS2.